The molecular weight excluding hydrogens is 294 g/mol. The highest BCUT2D eigenvalue weighted by molar-refractivity contribution is 8.00. The highest BCUT2D eigenvalue weighted by Crippen LogP contribution is 2.36. The molecule has 124 valence electrons. The van der Waals surface area contributed by atoms with Crippen LogP contribution in [-0.4, -0.2) is 46.4 Å². The number of hydrogen-bond donors (Lipinski definition) is 2. The van der Waals surface area contributed by atoms with Crippen LogP contribution in [0.5, 0.6) is 0 Å². The Kier molecular flexibility index (Phi) is 6.17. The van der Waals surface area contributed by atoms with Crippen molar-refractivity contribution in [3.63, 3.8) is 0 Å². The van der Waals surface area contributed by atoms with Gasteiger partial charge in [-0.25, -0.2) is 0 Å². The zero-order chi connectivity index (χ0) is 16.0. The van der Waals surface area contributed by atoms with Gasteiger partial charge in [-0.15, -0.1) is 0 Å². The second-order valence-corrected chi connectivity index (χ2v) is 7.94. The van der Waals surface area contributed by atoms with Gasteiger partial charge in [0.15, 0.2) is 5.96 Å². The lowest BCUT2D eigenvalue weighted by atomic mass is 10.1. The third-order valence-electron chi connectivity index (χ3n) is 4.10. The molecule has 1 aliphatic rings. The van der Waals surface area contributed by atoms with Crippen molar-refractivity contribution in [1.29, 1.82) is 0 Å². The maximum absolute atomic E-state index is 4.49. The zero-order valence-corrected chi connectivity index (χ0v) is 15.1. The van der Waals surface area contributed by atoms with Gasteiger partial charge < -0.3 is 10.6 Å². The number of nitrogens with one attached hydrogen (secondary N) is 2. The number of aromatic nitrogens is 2. The third-order valence-corrected chi connectivity index (χ3v) is 5.63. The predicted octanol–water partition coefficient (Wildman–Crippen LogP) is 2.34. The van der Waals surface area contributed by atoms with E-state index in [-0.39, 0.29) is 0 Å². The summed E-state index contributed by atoms with van der Waals surface area (Å²) in [5, 5.41) is 11.3. The minimum atomic E-state index is 0.362. The van der Waals surface area contributed by atoms with E-state index in [1.165, 1.54) is 24.3 Å². The molecule has 1 aromatic heterocycles. The van der Waals surface area contributed by atoms with E-state index < -0.39 is 0 Å². The molecule has 1 saturated heterocycles. The van der Waals surface area contributed by atoms with Gasteiger partial charge in [-0.05, 0) is 51.9 Å². The summed E-state index contributed by atoms with van der Waals surface area (Å²) in [5.74, 6) is 2.19. The first-order valence-electron chi connectivity index (χ1n) is 8.12. The molecule has 22 heavy (non-hydrogen) atoms. The van der Waals surface area contributed by atoms with Crippen molar-refractivity contribution in [3.8, 4) is 0 Å². The van der Waals surface area contributed by atoms with Gasteiger partial charge in [-0.2, -0.15) is 16.9 Å². The summed E-state index contributed by atoms with van der Waals surface area (Å²) < 4.78 is 2.44. The van der Waals surface area contributed by atoms with E-state index in [0.717, 1.165) is 37.7 Å². The van der Waals surface area contributed by atoms with Crippen LogP contribution >= 0.6 is 11.8 Å². The standard InChI is InChI=1S/C16H29N5S/c1-13-11-14(2)21(20-13)9-6-8-18-15(17-4)19-12-16(3)7-5-10-22-16/h11H,5-10,12H2,1-4H3,(H2,17,18,19). The first kappa shape index (κ1) is 17.2. The first-order valence-corrected chi connectivity index (χ1v) is 9.10. The summed E-state index contributed by atoms with van der Waals surface area (Å²) in [6, 6.07) is 2.12. The van der Waals surface area contributed by atoms with Gasteiger partial charge in [0.2, 0.25) is 0 Å². The van der Waals surface area contributed by atoms with Crippen LogP contribution in [0, 0.1) is 13.8 Å². The highest BCUT2D eigenvalue weighted by Gasteiger charge is 2.29. The van der Waals surface area contributed by atoms with E-state index in [1.807, 2.05) is 14.0 Å². The van der Waals surface area contributed by atoms with Crippen LogP contribution in [0.4, 0.5) is 0 Å². The fraction of sp³-hybridized carbons (Fsp3) is 0.750. The molecule has 0 aliphatic carbocycles. The average Bonchev–Trinajstić information content (AvgIpc) is 3.04. The third kappa shape index (κ3) is 4.93. The highest BCUT2D eigenvalue weighted by atomic mass is 32.2. The van der Waals surface area contributed by atoms with Crippen molar-refractivity contribution in [1.82, 2.24) is 20.4 Å². The molecule has 1 unspecified atom stereocenters. The van der Waals surface area contributed by atoms with E-state index in [9.17, 15) is 0 Å². The van der Waals surface area contributed by atoms with E-state index in [4.69, 9.17) is 0 Å². The Morgan fingerprint density at radius 3 is 2.86 bits per heavy atom. The van der Waals surface area contributed by atoms with Gasteiger partial charge in [0.1, 0.15) is 0 Å². The molecule has 6 heteroatoms. The number of thioether (sulfide) groups is 1. The quantitative estimate of drug-likeness (QED) is 0.479. The number of guanidine groups is 1. The summed E-state index contributed by atoms with van der Waals surface area (Å²) in [5.41, 5.74) is 2.32. The van der Waals surface area contributed by atoms with Crippen molar-refractivity contribution in [3.05, 3.63) is 17.5 Å². The van der Waals surface area contributed by atoms with Crippen molar-refractivity contribution < 1.29 is 0 Å². The molecule has 1 aromatic rings. The van der Waals surface area contributed by atoms with Gasteiger partial charge in [-0.1, -0.05) is 0 Å². The maximum Gasteiger partial charge on any atom is 0.191 e. The molecule has 1 fully saturated rings. The van der Waals surface area contributed by atoms with Crippen molar-refractivity contribution >= 4 is 17.7 Å². The molecule has 0 spiro atoms. The van der Waals surface area contributed by atoms with Crippen LogP contribution in [0.25, 0.3) is 0 Å². The van der Waals surface area contributed by atoms with Crippen LogP contribution in [-0.2, 0) is 6.54 Å². The lowest BCUT2D eigenvalue weighted by Crippen LogP contribution is -2.44. The molecule has 0 saturated carbocycles. The zero-order valence-electron chi connectivity index (χ0n) is 14.3. The summed E-state index contributed by atoms with van der Waals surface area (Å²) in [6.07, 6.45) is 3.66. The maximum atomic E-state index is 4.49. The van der Waals surface area contributed by atoms with Gasteiger partial charge in [0.25, 0.3) is 0 Å². The molecule has 0 amide bonds. The van der Waals surface area contributed by atoms with Gasteiger partial charge >= 0.3 is 0 Å². The summed E-state index contributed by atoms with van der Waals surface area (Å²) in [6.45, 7) is 9.31. The predicted molar refractivity (Wildman–Crippen MR) is 95.8 cm³/mol. The fourth-order valence-corrected chi connectivity index (χ4v) is 4.05. The molecule has 0 bridgehead atoms. The van der Waals surface area contributed by atoms with Crippen LogP contribution in [0.3, 0.4) is 0 Å². The van der Waals surface area contributed by atoms with Gasteiger partial charge in [0, 0.05) is 37.1 Å². The fourth-order valence-electron chi connectivity index (χ4n) is 2.80. The molecule has 0 aromatic carbocycles. The molecule has 2 heterocycles. The molecule has 2 rings (SSSR count). The smallest absolute Gasteiger partial charge is 0.191 e. The molecular formula is C16H29N5S. The Labute approximate surface area is 138 Å². The minimum Gasteiger partial charge on any atom is -0.356 e. The number of rotatable bonds is 6. The Morgan fingerprint density at radius 1 is 1.45 bits per heavy atom. The van der Waals surface area contributed by atoms with E-state index in [1.54, 1.807) is 0 Å². The summed E-state index contributed by atoms with van der Waals surface area (Å²) in [4.78, 5) is 4.31. The summed E-state index contributed by atoms with van der Waals surface area (Å²) >= 11 is 2.07. The van der Waals surface area contributed by atoms with E-state index in [2.05, 4.69) is 57.1 Å². The summed E-state index contributed by atoms with van der Waals surface area (Å²) in [7, 11) is 1.83. The Balaban J connectivity index is 1.67. The molecule has 2 N–H and O–H groups in total. The lowest BCUT2D eigenvalue weighted by molar-refractivity contribution is 0.550. The Hall–Kier alpha value is -1.17. The topological polar surface area (TPSA) is 54.2 Å². The van der Waals surface area contributed by atoms with Crippen LogP contribution < -0.4 is 10.6 Å². The molecule has 5 nitrogen and oxygen atoms in total. The second kappa shape index (κ2) is 7.90. The number of nitrogens with zero attached hydrogens (tertiary/aromatic N) is 3. The molecule has 1 atom stereocenters. The SMILES string of the molecule is CN=C(NCCCn1nc(C)cc1C)NCC1(C)CCCS1. The second-order valence-electron chi connectivity index (χ2n) is 6.26. The van der Waals surface area contributed by atoms with Gasteiger partial charge in [-0.3, -0.25) is 9.67 Å². The monoisotopic (exact) mass is 323 g/mol. The van der Waals surface area contributed by atoms with Crippen LogP contribution in [0.1, 0.15) is 37.6 Å². The van der Waals surface area contributed by atoms with Gasteiger partial charge in [0.05, 0.1) is 5.69 Å². The first-order chi connectivity index (χ1) is 10.5. The van der Waals surface area contributed by atoms with Crippen molar-refractivity contribution in [2.24, 2.45) is 4.99 Å². The van der Waals surface area contributed by atoms with Crippen LogP contribution in [0.15, 0.2) is 11.1 Å². The van der Waals surface area contributed by atoms with Crippen molar-refractivity contribution in [2.45, 2.75) is 51.3 Å². The Bertz CT molecular complexity index is 503. The molecule has 0 radical (unpaired) electrons. The van der Waals surface area contributed by atoms with E-state index in [0.29, 0.717) is 4.75 Å². The number of hydrogen-bond acceptors (Lipinski definition) is 3. The largest absolute Gasteiger partial charge is 0.356 e. The number of aryl methyl sites for hydroxylation is 3. The average molecular weight is 324 g/mol. The Morgan fingerprint density at radius 2 is 2.27 bits per heavy atom. The lowest BCUT2D eigenvalue weighted by Gasteiger charge is -2.24. The molecule has 1 aliphatic heterocycles. The van der Waals surface area contributed by atoms with Crippen molar-refractivity contribution in [2.75, 3.05) is 25.9 Å². The minimum absolute atomic E-state index is 0.362. The van der Waals surface area contributed by atoms with Crippen LogP contribution in [0.2, 0.25) is 0 Å². The van der Waals surface area contributed by atoms with E-state index >= 15 is 0 Å². The normalized spacial score (nSPS) is 22.1. The number of aliphatic imine (C=N–C) groups is 1.